The van der Waals surface area contributed by atoms with E-state index in [0.717, 1.165) is 49.4 Å². The third-order valence-corrected chi connectivity index (χ3v) is 6.46. The Morgan fingerprint density at radius 3 is 2.81 bits per heavy atom. The van der Waals surface area contributed by atoms with Crippen LogP contribution in [0.3, 0.4) is 0 Å². The van der Waals surface area contributed by atoms with Crippen molar-refractivity contribution in [3.05, 3.63) is 23.8 Å². The average Bonchev–Trinajstić information content (AvgIpc) is 2.50. The van der Waals surface area contributed by atoms with E-state index < -0.39 is 10.8 Å². The molecule has 2 aliphatic heterocycles. The summed E-state index contributed by atoms with van der Waals surface area (Å²) in [7, 11) is -1.02. The second kappa shape index (κ2) is 6.07. The van der Waals surface area contributed by atoms with Crippen molar-refractivity contribution in [3.63, 3.8) is 0 Å². The quantitative estimate of drug-likeness (QED) is 0.852. The first-order valence-corrected chi connectivity index (χ1v) is 8.79. The molecular formula is C16H23NO3S. The summed E-state index contributed by atoms with van der Waals surface area (Å²) in [4.78, 5) is 0.879. The highest BCUT2D eigenvalue weighted by molar-refractivity contribution is 7.85. The summed E-state index contributed by atoms with van der Waals surface area (Å²) in [6.07, 6.45) is 3.54. The zero-order valence-corrected chi connectivity index (χ0v) is 13.3. The first-order chi connectivity index (χ1) is 10.1. The summed E-state index contributed by atoms with van der Waals surface area (Å²) in [5.74, 6) is 0. The van der Waals surface area contributed by atoms with Crippen LogP contribution in [-0.2, 0) is 20.3 Å². The fraction of sp³-hybridized carbons (Fsp3) is 0.625. The van der Waals surface area contributed by atoms with Gasteiger partial charge in [0, 0.05) is 35.7 Å². The first-order valence-electron chi connectivity index (χ1n) is 7.58. The van der Waals surface area contributed by atoms with Crippen molar-refractivity contribution in [1.29, 1.82) is 0 Å². The summed E-state index contributed by atoms with van der Waals surface area (Å²) in [6.45, 7) is 4.18. The van der Waals surface area contributed by atoms with Gasteiger partial charge in [0.25, 0.3) is 0 Å². The molecule has 2 unspecified atom stereocenters. The maximum Gasteiger partial charge on any atom is 0.0738 e. The molecule has 4 nitrogen and oxygen atoms in total. The zero-order valence-electron chi connectivity index (χ0n) is 12.5. The molecule has 3 rings (SSSR count). The predicted molar refractivity (Wildman–Crippen MR) is 83.8 cm³/mol. The Balaban J connectivity index is 1.79. The molecule has 1 aromatic carbocycles. The van der Waals surface area contributed by atoms with Crippen LogP contribution in [-0.4, -0.2) is 34.9 Å². The summed E-state index contributed by atoms with van der Waals surface area (Å²) < 4.78 is 24.4. The van der Waals surface area contributed by atoms with E-state index >= 15 is 0 Å². The van der Waals surface area contributed by atoms with Gasteiger partial charge in [-0.2, -0.15) is 0 Å². The fourth-order valence-corrected chi connectivity index (χ4v) is 5.03. The van der Waals surface area contributed by atoms with Gasteiger partial charge in [-0.15, -0.1) is 0 Å². The predicted octanol–water partition coefficient (Wildman–Crippen LogP) is 2.41. The van der Waals surface area contributed by atoms with Crippen LogP contribution in [0.15, 0.2) is 23.1 Å². The van der Waals surface area contributed by atoms with Gasteiger partial charge in [-0.05, 0) is 50.3 Å². The summed E-state index contributed by atoms with van der Waals surface area (Å²) in [5, 5.41) is 0.150. The smallest absolute Gasteiger partial charge is 0.0738 e. The number of benzene rings is 1. The number of rotatable bonds is 2. The lowest BCUT2D eigenvalue weighted by Gasteiger charge is -2.43. The Kier molecular flexibility index (Phi) is 4.33. The van der Waals surface area contributed by atoms with Crippen molar-refractivity contribution in [2.45, 2.75) is 48.4 Å². The molecule has 0 amide bonds. The highest BCUT2D eigenvalue weighted by Gasteiger charge is 2.41. The SMILES string of the molecule is Cc1ccc(N)cc1S(=O)C1CCOC2(CCOCC2)C1. The summed E-state index contributed by atoms with van der Waals surface area (Å²) in [5.41, 5.74) is 7.46. The lowest BCUT2D eigenvalue weighted by Crippen LogP contribution is -2.47. The van der Waals surface area contributed by atoms with Crippen LogP contribution in [0.1, 0.15) is 31.2 Å². The molecule has 116 valence electrons. The molecular weight excluding hydrogens is 286 g/mol. The Hall–Kier alpha value is -0.910. The van der Waals surface area contributed by atoms with E-state index in [1.54, 1.807) is 0 Å². The van der Waals surface area contributed by atoms with Crippen LogP contribution in [0.2, 0.25) is 0 Å². The first kappa shape index (κ1) is 15.0. The Morgan fingerprint density at radius 2 is 2.05 bits per heavy atom. The Bertz CT molecular complexity index is 535. The summed E-state index contributed by atoms with van der Waals surface area (Å²) >= 11 is 0. The van der Waals surface area contributed by atoms with Gasteiger partial charge in [0.05, 0.1) is 16.4 Å². The maximum absolute atomic E-state index is 13.0. The van der Waals surface area contributed by atoms with Gasteiger partial charge < -0.3 is 15.2 Å². The number of nitrogen functional groups attached to an aromatic ring is 1. The van der Waals surface area contributed by atoms with Crippen molar-refractivity contribution in [1.82, 2.24) is 0 Å². The number of nitrogens with two attached hydrogens (primary N) is 1. The molecule has 0 saturated carbocycles. The second-order valence-electron chi connectivity index (χ2n) is 6.08. The van der Waals surface area contributed by atoms with Crippen LogP contribution in [0.25, 0.3) is 0 Å². The van der Waals surface area contributed by atoms with Crippen molar-refractivity contribution in [2.75, 3.05) is 25.6 Å². The highest BCUT2D eigenvalue weighted by atomic mass is 32.2. The number of ether oxygens (including phenoxy) is 2. The molecule has 2 aliphatic rings. The number of anilines is 1. The standard InChI is InChI=1S/C16H23NO3S/c1-12-2-3-13(17)10-15(12)21(18)14-4-7-20-16(11-14)5-8-19-9-6-16/h2-3,10,14H,4-9,11,17H2,1H3. The lowest BCUT2D eigenvalue weighted by molar-refractivity contribution is -0.131. The number of aryl methyl sites for hydroxylation is 1. The number of hydrogen-bond acceptors (Lipinski definition) is 4. The van der Waals surface area contributed by atoms with Crippen LogP contribution in [0, 0.1) is 6.92 Å². The minimum atomic E-state index is -1.02. The molecule has 21 heavy (non-hydrogen) atoms. The van der Waals surface area contributed by atoms with Gasteiger partial charge in [-0.3, -0.25) is 4.21 Å². The molecule has 0 aromatic heterocycles. The van der Waals surface area contributed by atoms with Crippen LogP contribution < -0.4 is 5.73 Å². The topological polar surface area (TPSA) is 61.6 Å². The average molecular weight is 309 g/mol. The molecule has 0 radical (unpaired) electrons. The molecule has 2 heterocycles. The van der Waals surface area contributed by atoms with E-state index in [0.29, 0.717) is 12.3 Å². The van der Waals surface area contributed by atoms with Gasteiger partial charge in [-0.25, -0.2) is 0 Å². The van der Waals surface area contributed by atoms with Crippen molar-refractivity contribution < 1.29 is 13.7 Å². The fourth-order valence-electron chi connectivity index (χ4n) is 3.27. The molecule has 1 spiro atoms. The highest BCUT2D eigenvalue weighted by Crippen LogP contribution is 2.37. The Morgan fingerprint density at radius 1 is 1.29 bits per heavy atom. The van der Waals surface area contributed by atoms with Gasteiger partial charge in [0.2, 0.25) is 0 Å². The van der Waals surface area contributed by atoms with E-state index in [1.165, 1.54) is 0 Å². The minimum Gasteiger partial charge on any atom is -0.399 e. The normalized spacial score (nSPS) is 26.6. The lowest BCUT2D eigenvalue weighted by atomic mass is 9.86. The van der Waals surface area contributed by atoms with E-state index in [-0.39, 0.29) is 10.9 Å². The largest absolute Gasteiger partial charge is 0.399 e. The third kappa shape index (κ3) is 3.15. The van der Waals surface area contributed by atoms with E-state index in [9.17, 15) is 4.21 Å². The van der Waals surface area contributed by atoms with E-state index in [2.05, 4.69) is 0 Å². The van der Waals surface area contributed by atoms with Gasteiger partial charge in [0.1, 0.15) is 0 Å². The zero-order chi connectivity index (χ0) is 14.9. The van der Waals surface area contributed by atoms with E-state index in [4.69, 9.17) is 15.2 Å². The van der Waals surface area contributed by atoms with Crippen LogP contribution in [0.5, 0.6) is 0 Å². The van der Waals surface area contributed by atoms with Crippen LogP contribution >= 0.6 is 0 Å². The second-order valence-corrected chi connectivity index (χ2v) is 7.78. The molecule has 2 N–H and O–H groups in total. The number of hydrogen-bond donors (Lipinski definition) is 1. The van der Waals surface area contributed by atoms with Crippen molar-refractivity contribution in [2.24, 2.45) is 0 Å². The molecule has 1 aromatic rings. The summed E-state index contributed by atoms with van der Waals surface area (Å²) in [6, 6.07) is 5.67. The van der Waals surface area contributed by atoms with Gasteiger partial charge >= 0.3 is 0 Å². The molecule has 2 saturated heterocycles. The third-order valence-electron chi connectivity index (χ3n) is 4.58. The van der Waals surface area contributed by atoms with Gasteiger partial charge in [-0.1, -0.05) is 6.07 Å². The van der Waals surface area contributed by atoms with Crippen molar-refractivity contribution >= 4 is 16.5 Å². The molecule has 0 aliphatic carbocycles. The molecule has 0 bridgehead atoms. The van der Waals surface area contributed by atoms with E-state index in [1.807, 2.05) is 25.1 Å². The Labute approximate surface area is 128 Å². The molecule has 2 atom stereocenters. The van der Waals surface area contributed by atoms with Crippen molar-refractivity contribution in [3.8, 4) is 0 Å². The maximum atomic E-state index is 13.0. The van der Waals surface area contributed by atoms with Gasteiger partial charge in [0.15, 0.2) is 0 Å². The minimum absolute atomic E-state index is 0.120. The molecule has 2 fully saturated rings. The van der Waals surface area contributed by atoms with Crippen LogP contribution in [0.4, 0.5) is 5.69 Å². The molecule has 5 heteroatoms. The monoisotopic (exact) mass is 309 g/mol.